The zero-order valence-electron chi connectivity index (χ0n) is 21.7. The van der Waals surface area contributed by atoms with Crippen molar-refractivity contribution in [2.45, 2.75) is 33.4 Å². The number of Topliss-reactive ketones (excluding diaryl/α,β-unsaturated/α-hetero) is 1. The van der Waals surface area contributed by atoms with Gasteiger partial charge in [-0.2, -0.15) is 0 Å². The largest absolute Gasteiger partial charge is 0.507 e. The van der Waals surface area contributed by atoms with Gasteiger partial charge in [0.2, 0.25) is 0 Å². The second-order valence-electron chi connectivity index (χ2n) is 8.91. The molecule has 7 heteroatoms. The highest BCUT2D eigenvalue weighted by atomic mass is 16.5. The minimum atomic E-state index is -0.851. The van der Waals surface area contributed by atoms with E-state index in [4.69, 9.17) is 14.2 Å². The van der Waals surface area contributed by atoms with Gasteiger partial charge in [0.25, 0.3) is 11.7 Å². The van der Waals surface area contributed by atoms with Gasteiger partial charge in [0.1, 0.15) is 23.0 Å². The maximum Gasteiger partial charge on any atom is 0.295 e. The van der Waals surface area contributed by atoms with Crippen molar-refractivity contribution in [1.82, 2.24) is 4.90 Å². The van der Waals surface area contributed by atoms with Crippen LogP contribution in [-0.4, -0.2) is 42.5 Å². The fraction of sp³-hybridized carbons (Fsp3) is 0.267. The minimum absolute atomic E-state index is 0.00292. The van der Waals surface area contributed by atoms with Crippen LogP contribution >= 0.6 is 0 Å². The Kier molecular flexibility index (Phi) is 7.53. The van der Waals surface area contributed by atoms with Gasteiger partial charge in [0.15, 0.2) is 0 Å². The molecule has 1 unspecified atom stereocenters. The molecule has 1 amide bonds. The number of rotatable bonds is 8. The molecular formula is C30H31NO6. The van der Waals surface area contributed by atoms with E-state index < -0.39 is 17.7 Å². The van der Waals surface area contributed by atoms with Crippen LogP contribution in [0.2, 0.25) is 0 Å². The van der Waals surface area contributed by atoms with E-state index in [1.165, 1.54) is 12.0 Å². The third-order valence-corrected chi connectivity index (χ3v) is 6.44. The first-order chi connectivity index (χ1) is 17.8. The Morgan fingerprint density at radius 3 is 2.43 bits per heavy atom. The third kappa shape index (κ3) is 4.89. The quantitative estimate of drug-likeness (QED) is 0.255. The highest BCUT2D eigenvalue weighted by molar-refractivity contribution is 6.46. The Morgan fingerprint density at radius 2 is 1.73 bits per heavy atom. The second kappa shape index (κ2) is 10.8. The number of amides is 1. The van der Waals surface area contributed by atoms with Crippen LogP contribution in [0.25, 0.3) is 5.76 Å². The predicted octanol–water partition coefficient (Wildman–Crippen LogP) is 5.34. The number of methoxy groups -OCH3 is 2. The number of hydrogen-bond donors (Lipinski definition) is 1. The van der Waals surface area contributed by atoms with Crippen LogP contribution in [0.1, 0.15) is 40.8 Å². The lowest BCUT2D eigenvalue weighted by Gasteiger charge is -2.26. The first-order valence-corrected chi connectivity index (χ1v) is 12.1. The maximum absolute atomic E-state index is 13.5. The van der Waals surface area contributed by atoms with Crippen LogP contribution in [0.3, 0.4) is 0 Å². The van der Waals surface area contributed by atoms with Gasteiger partial charge in [-0.3, -0.25) is 9.59 Å². The number of ether oxygens (including phenoxy) is 3. The van der Waals surface area contributed by atoms with Crippen molar-refractivity contribution in [3.8, 4) is 17.2 Å². The van der Waals surface area contributed by atoms with Crippen molar-refractivity contribution in [3.05, 3.63) is 94.1 Å². The summed E-state index contributed by atoms with van der Waals surface area (Å²) in [7, 11) is 3.07. The van der Waals surface area contributed by atoms with Crippen molar-refractivity contribution in [3.63, 3.8) is 0 Å². The molecule has 3 aromatic carbocycles. The molecule has 4 rings (SSSR count). The maximum atomic E-state index is 13.5. The van der Waals surface area contributed by atoms with E-state index in [2.05, 4.69) is 0 Å². The number of likely N-dealkylation sites (tertiary alicyclic amines) is 1. The smallest absolute Gasteiger partial charge is 0.295 e. The zero-order valence-corrected chi connectivity index (χ0v) is 21.7. The van der Waals surface area contributed by atoms with Gasteiger partial charge in [0, 0.05) is 5.56 Å². The lowest BCUT2D eigenvalue weighted by Crippen LogP contribution is -2.29. The number of benzene rings is 3. The first-order valence-electron chi connectivity index (χ1n) is 12.1. The molecule has 0 saturated carbocycles. The highest BCUT2D eigenvalue weighted by Gasteiger charge is 2.46. The molecular weight excluding hydrogens is 470 g/mol. The lowest BCUT2D eigenvalue weighted by molar-refractivity contribution is -0.140. The number of ketones is 1. The monoisotopic (exact) mass is 501 g/mol. The lowest BCUT2D eigenvalue weighted by atomic mass is 9.93. The summed E-state index contributed by atoms with van der Waals surface area (Å²) < 4.78 is 16.8. The average Bonchev–Trinajstić information content (AvgIpc) is 3.13. The van der Waals surface area contributed by atoms with Crippen LogP contribution in [0, 0.1) is 13.8 Å². The fourth-order valence-corrected chi connectivity index (χ4v) is 4.89. The SMILES string of the molecule is CCOc1cccc(C2/C(=C(\O)c3cc(C)cc(C)c3OC)C(=O)C(=O)N2Cc2ccccc2OC)c1. The Bertz CT molecular complexity index is 1380. The number of aliphatic hydroxyl groups excluding tert-OH is 1. The zero-order chi connectivity index (χ0) is 26.7. The van der Waals surface area contributed by atoms with E-state index in [9.17, 15) is 14.7 Å². The van der Waals surface area contributed by atoms with E-state index in [1.807, 2.05) is 57.2 Å². The van der Waals surface area contributed by atoms with E-state index >= 15 is 0 Å². The van der Waals surface area contributed by atoms with E-state index in [1.54, 1.807) is 31.4 Å². The molecule has 0 aliphatic carbocycles. The van der Waals surface area contributed by atoms with Gasteiger partial charge in [-0.05, 0) is 61.7 Å². The van der Waals surface area contributed by atoms with Crippen LogP contribution < -0.4 is 14.2 Å². The Morgan fingerprint density at radius 1 is 0.973 bits per heavy atom. The third-order valence-electron chi connectivity index (χ3n) is 6.44. The molecule has 192 valence electrons. The predicted molar refractivity (Wildman–Crippen MR) is 141 cm³/mol. The van der Waals surface area contributed by atoms with Crippen LogP contribution in [-0.2, 0) is 16.1 Å². The second-order valence-corrected chi connectivity index (χ2v) is 8.91. The summed E-state index contributed by atoms with van der Waals surface area (Å²) in [6, 6.07) is 17.4. The molecule has 0 bridgehead atoms. The van der Waals surface area contributed by atoms with Crippen molar-refractivity contribution in [1.29, 1.82) is 0 Å². The summed E-state index contributed by atoms with van der Waals surface area (Å²) in [5.74, 6) is -0.103. The summed E-state index contributed by atoms with van der Waals surface area (Å²) in [6.07, 6.45) is 0. The van der Waals surface area contributed by atoms with Gasteiger partial charge in [-0.1, -0.05) is 36.4 Å². The molecule has 1 fully saturated rings. The number of aliphatic hydroxyl groups is 1. The van der Waals surface area contributed by atoms with E-state index in [0.717, 1.165) is 16.7 Å². The van der Waals surface area contributed by atoms with Gasteiger partial charge >= 0.3 is 0 Å². The Balaban J connectivity index is 1.95. The van der Waals surface area contributed by atoms with E-state index in [0.29, 0.717) is 35.0 Å². The molecule has 1 aliphatic heterocycles. The number of aryl methyl sites for hydroxylation is 2. The van der Waals surface area contributed by atoms with Crippen molar-refractivity contribution >= 4 is 17.4 Å². The molecule has 1 N–H and O–H groups in total. The summed E-state index contributed by atoms with van der Waals surface area (Å²) >= 11 is 0. The first kappa shape index (κ1) is 25.8. The molecule has 0 radical (unpaired) electrons. The standard InChI is InChI=1S/C30H31NO6/c1-6-37-22-12-9-11-20(16-22)26-25(27(32)23-15-18(2)14-19(3)29(23)36-5)28(33)30(34)31(26)17-21-10-7-8-13-24(21)35-4/h7-16,26,32H,6,17H2,1-5H3/b27-25+. The fourth-order valence-electron chi connectivity index (χ4n) is 4.89. The molecule has 0 aromatic heterocycles. The summed E-state index contributed by atoms with van der Waals surface area (Å²) in [5, 5.41) is 11.6. The van der Waals surface area contributed by atoms with Crippen molar-refractivity contribution < 1.29 is 28.9 Å². The van der Waals surface area contributed by atoms with Crippen LogP contribution in [0.4, 0.5) is 0 Å². The molecule has 1 heterocycles. The van der Waals surface area contributed by atoms with Crippen LogP contribution in [0.5, 0.6) is 17.2 Å². The molecule has 37 heavy (non-hydrogen) atoms. The van der Waals surface area contributed by atoms with Gasteiger partial charge < -0.3 is 24.2 Å². The number of carbonyl (C=O) groups is 2. The molecule has 1 saturated heterocycles. The molecule has 1 atom stereocenters. The highest BCUT2D eigenvalue weighted by Crippen LogP contribution is 2.43. The molecule has 7 nitrogen and oxygen atoms in total. The molecule has 1 aliphatic rings. The number of carbonyl (C=O) groups excluding carboxylic acids is 2. The van der Waals surface area contributed by atoms with Gasteiger partial charge in [-0.15, -0.1) is 0 Å². The topological polar surface area (TPSA) is 85.3 Å². The van der Waals surface area contributed by atoms with Crippen molar-refractivity contribution in [2.75, 3.05) is 20.8 Å². The molecule has 0 spiro atoms. The average molecular weight is 502 g/mol. The van der Waals surface area contributed by atoms with E-state index in [-0.39, 0.29) is 17.9 Å². The minimum Gasteiger partial charge on any atom is -0.507 e. The van der Waals surface area contributed by atoms with Crippen LogP contribution in [0.15, 0.2) is 66.2 Å². The van der Waals surface area contributed by atoms with Crippen molar-refractivity contribution in [2.24, 2.45) is 0 Å². The Labute approximate surface area is 216 Å². The Hall–Kier alpha value is -4.26. The van der Waals surface area contributed by atoms with Gasteiger partial charge in [-0.25, -0.2) is 0 Å². The summed E-state index contributed by atoms with van der Waals surface area (Å²) in [6.45, 7) is 6.22. The summed E-state index contributed by atoms with van der Waals surface area (Å²) in [5.41, 5.74) is 3.44. The van der Waals surface area contributed by atoms with Gasteiger partial charge in [0.05, 0.1) is 44.5 Å². The summed E-state index contributed by atoms with van der Waals surface area (Å²) in [4.78, 5) is 28.5. The number of nitrogens with zero attached hydrogens (tertiary/aromatic N) is 1. The number of hydrogen-bond acceptors (Lipinski definition) is 6. The normalized spacial score (nSPS) is 16.7. The number of para-hydroxylation sites is 1. The molecule has 3 aromatic rings.